The van der Waals surface area contributed by atoms with Crippen LogP contribution < -0.4 is 5.73 Å². The first-order valence-corrected chi connectivity index (χ1v) is 7.94. The Morgan fingerprint density at radius 2 is 2.00 bits per heavy atom. The normalized spacial score (nSPS) is 13.8. The van der Waals surface area contributed by atoms with Gasteiger partial charge in [0, 0.05) is 11.4 Å². The van der Waals surface area contributed by atoms with Crippen LogP contribution >= 0.6 is 11.6 Å². The topological polar surface area (TPSA) is 52.0 Å². The second-order valence-electron chi connectivity index (χ2n) is 6.86. The highest BCUT2D eigenvalue weighted by Crippen LogP contribution is 2.33. The van der Waals surface area contributed by atoms with Gasteiger partial charge in [-0.3, -0.25) is 0 Å². The molecule has 0 saturated carbocycles. The Bertz CT molecular complexity index is 613. The molecular formula is C17H25ClN2O. The van der Waals surface area contributed by atoms with Gasteiger partial charge in [-0.1, -0.05) is 32.4 Å². The van der Waals surface area contributed by atoms with Gasteiger partial charge < -0.3 is 10.2 Å². The highest BCUT2D eigenvalue weighted by Gasteiger charge is 2.24. The molecule has 0 amide bonds. The molecule has 0 bridgehead atoms. The average molecular weight is 309 g/mol. The highest BCUT2D eigenvalue weighted by molar-refractivity contribution is 6.31. The predicted molar refractivity (Wildman–Crippen MR) is 88.7 cm³/mol. The molecule has 116 valence electrons. The first-order chi connectivity index (χ1) is 9.81. The van der Waals surface area contributed by atoms with Gasteiger partial charge in [0.25, 0.3) is 0 Å². The molecule has 0 aliphatic heterocycles. The zero-order valence-corrected chi connectivity index (χ0v) is 14.1. The average Bonchev–Trinajstić information content (AvgIpc) is 2.76. The second-order valence-corrected chi connectivity index (χ2v) is 7.29. The number of aryl methyl sites for hydroxylation is 2. The van der Waals surface area contributed by atoms with Crippen molar-refractivity contribution in [3.8, 4) is 0 Å². The molecule has 2 aromatic rings. The third-order valence-corrected chi connectivity index (χ3v) is 4.35. The van der Waals surface area contributed by atoms with Crippen LogP contribution in [0, 0.1) is 18.3 Å². The number of nitrogens with zero attached hydrogens (tertiary/aromatic N) is 1. The smallest absolute Gasteiger partial charge is 0.195 e. The lowest BCUT2D eigenvalue weighted by atomic mass is 9.76. The zero-order valence-electron chi connectivity index (χ0n) is 13.4. The number of aromatic nitrogens is 1. The van der Waals surface area contributed by atoms with Crippen molar-refractivity contribution in [1.82, 2.24) is 4.98 Å². The summed E-state index contributed by atoms with van der Waals surface area (Å²) in [6.45, 7) is 9.52. The molecule has 1 unspecified atom stereocenters. The fourth-order valence-electron chi connectivity index (χ4n) is 2.82. The van der Waals surface area contributed by atoms with Crippen LogP contribution in [0.2, 0.25) is 5.02 Å². The molecule has 1 aromatic carbocycles. The SMILES string of the molecule is Cc1cc(Cl)cc2nc(CCC(CCN)C(C)(C)C)oc12. The van der Waals surface area contributed by atoms with Crippen LogP contribution in [-0.4, -0.2) is 11.5 Å². The maximum absolute atomic E-state index is 6.07. The van der Waals surface area contributed by atoms with E-state index in [1.807, 2.05) is 19.1 Å². The summed E-state index contributed by atoms with van der Waals surface area (Å²) in [5, 5.41) is 0.704. The molecule has 21 heavy (non-hydrogen) atoms. The van der Waals surface area contributed by atoms with Crippen molar-refractivity contribution in [1.29, 1.82) is 0 Å². The van der Waals surface area contributed by atoms with Gasteiger partial charge in [0.15, 0.2) is 11.5 Å². The van der Waals surface area contributed by atoms with E-state index >= 15 is 0 Å². The molecule has 2 N–H and O–H groups in total. The maximum atomic E-state index is 6.07. The fourth-order valence-corrected chi connectivity index (χ4v) is 3.09. The van der Waals surface area contributed by atoms with E-state index in [4.69, 9.17) is 21.8 Å². The Hall–Kier alpha value is -1.06. The van der Waals surface area contributed by atoms with Crippen LogP contribution in [-0.2, 0) is 6.42 Å². The molecule has 1 atom stereocenters. The summed E-state index contributed by atoms with van der Waals surface area (Å²) in [6.07, 6.45) is 2.92. The van der Waals surface area contributed by atoms with Gasteiger partial charge in [0.2, 0.25) is 0 Å². The Balaban J connectivity index is 2.14. The molecule has 0 fully saturated rings. The van der Waals surface area contributed by atoms with Gasteiger partial charge in [0.1, 0.15) is 5.52 Å². The Morgan fingerprint density at radius 3 is 2.62 bits per heavy atom. The predicted octanol–water partition coefficient (Wildman–Crippen LogP) is 4.73. The molecule has 0 spiro atoms. The minimum absolute atomic E-state index is 0.255. The first kappa shape index (κ1) is 16.3. The number of nitrogens with two attached hydrogens (primary N) is 1. The minimum Gasteiger partial charge on any atom is -0.440 e. The first-order valence-electron chi connectivity index (χ1n) is 7.57. The summed E-state index contributed by atoms with van der Waals surface area (Å²) in [5.74, 6) is 1.36. The van der Waals surface area contributed by atoms with Gasteiger partial charge in [-0.15, -0.1) is 0 Å². The van der Waals surface area contributed by atoms with E-state index in [1.165, 1.54) is 0 Å². The summed E-state index contributed by atoms with van der Waals surface area (Å²) < 4.78 is 5.89. The van der Waals surface area contributed by atoms with E-state index in [2.05, 4.69) is 25.8 Å². The van der Waals surface area contributed by atoms with Gasteiger partial charge in [-0.05, 0) is 55.3 Å². The number of benzene rings is 1. The summed E-state index contributed by atoms with van der Waals surface area (Å²) in [4.78, 5) is 4.57. The van der Waals surface area contributed by atoms with Crippen LogP contribution in [0.4, 0.5) is 0 Å². The molecule has 1 heterocycles. The van der Waals surface area contributed by atoms with E-state index in [1.54, 1.807) is 0 Å². The number of halogens is 1. The fraction of sp³-hybridized carbons (Fsp3) is 0.588. The quantitative estimate of drug-likeness (QED) is 0.868. The van der Waals surface area contributed by atoms with E-state index in [9.17, 15) is 0 Å². The van der Waals surface area contributed by atoms with E-state index < -0.39 is 0 Å². The van der Waals surface area contributed by atoms with Crippen LogP contribution in [0.3, 0.4) is 0 Å². The number of hydrogen-bond donors (Lipinski definition) is 1. The van der Waals surface area contributed by atoms with Gasteiger partial charge in [-0.2, -0.15) is 0 Å². The Kier molecular flexibility index (Phi) is 4.95. The van der Waals surface area contributed by atoms with Crippen molar-refractivity contribution >= 4 is 22.7 Å². The second kappa shape index (κ2) is 6.37. The minimum atomic E-state index is 0.255. The van der Waals surface area contributed by atoms with Crippen LogP contribution in [0.5, 0.6) is 0 Å². The molecule has 0 radical (unpaired) electrons. The molecular weight excluding hydrogens is 284 g/mol. The highest BCUT2D eigenvalue weighted by atomic mass is 35.5. The molecule has 0 saturated heterocycles. The lowest BCUT2D eigenvalue weighted by Crippen LogP contribution is -2.24. The molecule has 4 heteroatoms. The monoisotopic (exact) mass is 308 g/mol. The number of hydrogen-bond acceptors (Lipinski definition) is 3. The lowest BCUT2D eigenvalue weighted by Gasteiger charge is -2.30. The zero-order chi connectivity index (χ0) is 15.6. The van der Waals surface area contributed by atoms with Gasteiger partial charge in [-0.25, -0.2) is 4.98 Å². The van der Waals surface area contributed by atoms with E-state index in [0.29, 0.717) is 10.9 Å². The molecule has 3 nitrogen and oxygen atoms in total. The van der Waals surface area contributed by atoms with E-state index in [0.717, 1.165) is 48.4 Å². The van der Waals surface area contributed by atoms with Crippen molar-refractivity contribution in [2.45, 2.75) is 47.0 Å². The van der Waals surface area contributed by atoms with Crippen molar-refractivity contribution in [2.75, 3.05) is 6.54 Å². The summed E-state index contributed by atoms with van der Waals surface area (Å²) in [7, 11) is 0. The van der Waals surface area contributed by atoms with Crippen molar-refractivity contribution < 1.29 is 4.42 Å². The molecule has 0 aliphatic carbocycles. The third kappa shape index (κ3) is 3.98. The van der Waals surface area contributed by atoms with Crippen molar-refractivity contribution in [3.05, 3.63) is 28.6 Å². The Morgan fingerprint density at radius 1 is 1.29 bits per heavy atom. The number of oxazole rings is 1. The maximum Gasteiger partial charge on any atom is 0.195 e. The summed E-state index contributed by atoms with van der Waals surface area (Å²) in [5.41, 5.74) is 8.72. The standard InChI is InChI=1S/C17H25ClN2O/c1-11-9-13(18)10-14-16(11)21-15(20-14)6-5-12(7-8-19)17(2,3)4/h9-10,12H,5-8,19H2,1-4H3. The number of fused-ring (bicyclic) bond motifs is 1. The molecule has 0 aliphatic rings. The van der Waals surface area contributed by atoms with Gasteiger partial charge in [0.05, 0.1) is 0 Å². The number of rotatable bonds is 5. The van der Waals surface area contributed by atoms with Crippen molar-refractivity contribution in [2.24, 2.45) is 17.1 Å². The van der Waals surface area contributed by atoms with Gasteiger partial charge >= 0.3 is 0 Å². The van der Waals surface area contributed by atoms with Crippen molar-refractivity contribution in [3.63, 3.8) is 0 Å². The van der Waals surface area contributed by atoms with Crippen LogP contribution in [0.1, 0.15) is 45.1 Å². The van der Waals surface area contributed by atoms with Crippen LogP contribution in [0.25, 0.3) is 11.1 Å². The summed E-state index contributed by atoms with van der Waals surface area (Å²) >= 11 is 6.07. The largest absolute Gasteiger partial charge is 0.440 e. The summed E-state index contributed by atoms with van der Waals surface area (Å²) in [6, 6.07) is 3.77. The third-order valence-electron chi connectivity index (χ3n) is 4.13. The Labute approximate surface area is 131 Å². The van der Waals surface area contributed by atoms with E-state index in [-0.39, 0.29) is 5.41 Å². The lowest BCUT2D eigenvalue weighted by molar-refractivity contribution is 0.211. The van der Waals surface area contributed by atoms with Crippen LogP contribution in [0.15, 0.2) is 16.5 Å². The molecule has 1 aromatic heterocycles. The molecule has 2 rings (SSSR count).